The molecule has 2 N–H and O–H groups in total. The van der Waals surface area contributed by atoms with Crippen LogP contribution in [0.25, 0.3) is 27.4 Å². The van der Waals surface area contributed by atoms with Gasteiger partial charge in [0.1, 0.15) is 5.56 Å². The van der Waals surface area contributed by atoms with Gasteiger partial charge < -0.3 is 10.5 Å². The van der Waals surface area contributed by atoms with Gasteiger partial charge in [-0.2, -0.15) is 13.2 Å². The number of rotatable bonds is 2. The first-order chi connectivity index (χ1) is 14.2. The van der Waals surface area contributed by atoms with Crippen molar-refractivity contribution in [3.05, 3.63) is 76.3 Å². The second-order valence-corrected chi connectivity index (χ2v) is 6.52. The van der Waals surface area contributed by atoms with E-state index in [9.17, 15) is 22.8 Å². The third kappa shape index (κ3) is 2.95. The minimum atomic E-state index is -4.63. The standard InChI is InChI=1S/C21H14F3N3O3/c1-30-20(29)17-18(25)13-6-5-12(21(22,23)24)9-16(13)27(19(17)28)15-4-2-3-11-7-8-26-10-14(11)15/h2-10H,25H2,1H3. The van der Waals surface area contributed by atoms with Gasteiger partial charge in [0.05, 0.1) is 29.6 Å². The number of nitrogens with two attached hydrogens (primary N) is 1. The number of anilines is 1. The number of hydrogen-bond donors (Lipinski definition) is 1. The molecule has 0 fully saturated rings. The number of methoxy groups -OCH3 is 1. The quantitative estimate of drug-likeness (QED) is 0.503. The third-order valence-corrected chi connectivity index (χ3v) is 4.83. The van der Waals surface area contributed by atoms with E-state index in [1.54, 1.807) is 30.5 Å². The second-order valence-electron chi connectivity index (χ2n) is 6.52. The second kappa shape index (κ2) is 6.87. The molecule has 9 heteroatoms. The van der Waals surface area contributed by atoms with E-state index in [0.717, 1.165) is 29.9 Å². The number of esters is 1. The number of aromatic nitrogens is 2. The van der Waals surface area contributed by atoms with Crippen LogP contribution in [0.3, 0.4) is 0 Å². The predicted octanol–water partition coefficient (Wildman–Crippen LogP) is 3.93. The number of fused-ring (bicyclic) bond motifs is 2. The van der Waals surface area contributed by atoms with Crippen molar-refractivity contribution in [3.8, 4) is 5.69 Å². The number of ether oxygens (including phenoxy) is 1. The lowest BCUT2D eigenvalue weighted by atomic mass is 10.0. The molecule has 6 nitrogen and oxygen atoms in total. The van der Waals surface area contributed by atoms with Crippen molar-refractivity contribution in [2.75, 3.05) is 12.8 Å². The zero-order valence-corrected chi connectivity index (χ0v) is 15.5. The average molecular weight is 413 g/mol. The van der Waals surface area contributed by atoms with E-state index in [1.807, 2.05) is 0 Å². The molecule has 4 rings (SSSR count). The summed E-state index contributed by atoms with van der Waals surface area (Å²) in [6.07, 6.45) is -1.59. The van der Waals surface area contributed by atoms with E-state index in [2.05, 4.69) is 9.72 Å². The molecule has 4 aromatic rings. The van der Waals surface area contributed by atoms with Gasteiger partial charge in [-0.3, -0.25) is 14.3 Å². The minimum Gasteiger partial charge on any atom is -0.465 e. The number of hydrogen-bond acceptors (Lipinski definition) is 5. The van der Waals surface area contributed by atoms with Crippen molar-refractivity contribution in [2.45, 2.75) is 6.18 Å². The maximum absolute atomic E-state index is 13.4. The van der Waals surface area contributed by atoms with Crippen molar-refractivity contribution in [3.63, 3.8) is 0 Å². The largest absolute Gasteiger partial charge is 0.465 e. The summed E-state index contributed by atoms with van der Waals surface area (Å²) in [6.45, 7) is 0. The Morgan fingerprint density at radius 2 is 1.90 bits per heavy atom. The minimum absolute atomic E-state index is 0.0867. The number of nitrogen functional groups attached to an aromatic ring is 1. The van der Waals surface area contributed by atoms with E-state index < -0.39 is 28.8 Å². The van der Waals surface area contributed by atoms with Crippen LogP contribution in [-0.2, 0) is 10.9 Å². The highest BCUT2D eigenvalue weighted by Crippen LogP contribution is 2.34. The van der Waals surface area contributed by atoms with Gasteiger partial charge in [-0.1, -0.05) is 18.2 Å². The maximum Gasteiger partial charge on any atom is 0.416 e. The number of benzene rings is 2. The fourth-order valence-corrected chi connectivity index (χ4v) is 3.42. The molecular formula is C21H14F3N3O3. The first-order valence-electron chi connectivity index (χ1n) is 8.71. The van der Waals surface area contributed by atoms with Crippen LogP contribution in [0.4, 0.5) is 18.9 Å². The molecule has 0 radical (unpaired) electrons. The SMILES string of the molecule is COC(=O)c1c(N)c2ccc(C(F)(F)F)cc2n(-c2cccc3ccncc23)c1=O. The molecule has 0 spiro atoms. The molecular weight excluding hydrogens is 399 g/mol. The Bertz CT molecular complexity index is 1370. The van der Waals surface area contributed by atoms with Crippen LogP contribution >= 0.6 is 0 Å². The van der Waals surface area contributed by atoms with Crippen molar-refractivity contribution in [2.24, 2.45) is 0 Å². The Morgan fingerprint density at radius 1 is 1.13 bits per heavy atom. The van der Waals surface area contributed by atoms with Gasteiger partial charge in [-0.15, -0.1) is 0 Å². The molecule has 152 valence electrons. The lowest BCUT2D eigenvalue weighted by Gasteiger charge is -2.18. The number of nitrogens with zero attached hydrogens (tertiary/aromatic N) is 2. The van der Waals surface area contributed by atoms with Crippen LogP contribution in [0.1, 0.15) is 15.9 Å². The van der Waals surface area contributed by atoms with E-state index in [1.165, 1.54) is 6.20 Å². The van der Waals surface area contributed by atoms with Crippen LogP contribution in [0.2, 0.25) is 0 Å². The Kier molecular flexibility index (Phi) is 4.45. The molecule has 0 saturated heterocycles. The Morgan fingerprint density at radius 3 is 2.60 bits per heavy atom. The van der Waals surface area contributed by atoms with E-state index in [4.69, 9.17) is 5.73 Å². The van der Waals surface area contributed by atoms with Gasteiger partial charge in [-0.25, -0.2) is 4.79 Å². The summed E-state index contributed by atoms with van der Waals surface area (Å²) >= 11 is 0. The lowest BCUT2D eigenvalue weighted by Crippen LogP contribution is -2.28. The molecule has 0 saturated carbocycles. The number of carbonyl (C=O) groups is 1. The normalized spacial score (nSPS) is 11.7. The fraction of sp³-hybridized carbons (Fsp3) is 0.0952. The summed E-state index contributed by atoms with van der Waals surface area (Å²) in [7, 11) is 1.09. The molecule has 0 bridgehead atoms. The molecule has 2 aromatic carbocycles. The first kappa shape index (κ1) is 19.4. The van der Waals surface area contributed by atoms with E-state index in [0.29, 0.717) is 10.8 Å². The molecule has 30 heavy (non-hydrogen) atoms. The Balaban J connectivity index is 2.23. The summed E-state index contributed by atoms with van der Waals surface area (Å²) in [5, 5.41) is 1.34. The summed E-state index contributed by atoms with van der Waals surface area (Å²) in [5.41, 5.74) is 3.65. The number of alkyl halides is 3. The van der Waals surface area contributed by atoms with Crippen LogP contribution in [0, 0.1) is 0 Å². The maximum atomic E-state index is 13.4. The third-order valence-electron chi connectivity index (χ3n) is 4.83. The van der Waals surface area contributed by atoms with Crippen molar-refractivity contribution < 1.29 is 22.7 Å². The van der Waals surface area contributed by atoms with E-state index >= 15 is 0 Å². The molecule has 0 aliphatic heterocycles. The van der Waals surface area contributed by atoms with Gasteiger partial charge in [0.15, 0.2) is 0 Å². The monoisotopic (exact) mass is 413 g/mol. The van der Waals surface area contributed by atoms with Gasteiger partial charge >= 0.3 is 12.1 Å². The molecule has 0 atom stereocenters. The zero-order valence-electron chi connectivity index (χ0n) is 15.5. The number of pyridine rings is 2. The van der Waals surface area contributed by atoms with E-state index in [-0.39, 0.29) is 22.3 Å². The van der Waals surface area contributed by atoms with Gasteiger partial charge in [0, 0.05) is 23.2 Å². The Labute approximate surface area is 167 Å². The number of halogens is 3. The van der Waals surface area contributed by atoms with Gasteiger partial charge in [0.2, 0.25) is 0 Å². The molecule has 0 aliphatic rings. The highest BCUT2D eigenvalue weighted by atomic mass is 19.4. The summed E-state index contributed by atoms with van der Waals surface area (Å²) in [5.74, 6) is -0.980. The topological polar surface area (TPSA) is 87.2 Å². The van der Waals surface area contributed by atoms with Gasteiger partial charge in [0.25, 0.3) is 5.56 Å². The molecule has 2 heterocycles. The van der Waals surface area contributed by atoms with Crippen molar-refractivity contribution >= 4 is 33.3 Å². The summed E-state index contributed by atoms with van der Waals surface area (Å²) in [6, 6.07) is 9.50. The highest BCUT2D eigenvalue weighted by Gasteiger charge is 2.32. The fourth-order valence-electron chi connectivity index (χ4n) is 3.42. The molecule has 0 unspecified atom stereocenters. The van der Waals surface area contributed by atoms with Crippen molar-refractivity contribution in [1.82, 2.24) is 9.55 Å². The Hall–Kier alpha value is -3.88. The lowest BCUT2D eigenvalue weighted by molar-refractivity contribution is -0.137. The van der Waals surface area contributed by atoms with Crippen LogP contribution in [0.5, 0.6) is 0 Å². The number of carbonyl (C=O) groups excluding carboxylic acids is 1. The first-order valence-corrected chi connectivity index (χ1v) is 8.71. The zero-order chi connectivity index (χ0) is 21.6. The van der Waals surface area contributed by atoms with Crippen LogP contribution in [0.15, 0.2) is 59.7 Å². The predicted molar refractivity (Wildman–Crippen MR) is 106 cm³/mol. The van der Waals surface area contributed by atoms with Crippen molar-refractivity contribution in [1.29, 1.82) is 0 Å². The van der Waals surface area contributed by atoms with Gasteiger partial charge in [-0.05, 0) is 29.7 Å². The van der Waals surface area contributed by atoms with Crippen LogP contribution in [-0.4, -0.2) is 22.6 Å². The molecule has 0 amide bonds. The molecule has 0 aliphatic carbocycles. The smallest absolute Gasteiger partial charge is 0.416 e. The molecule has 2 aromatic heterocycles. The highest BCUT2D eigenvalue weighted by molar-refractivity contribution is 6.05. The average Bonchev–Trinajstić information content (AvgIpc) is 2.72. The summed E-state index contributed by atoms with van der Waals surface area (Å²) < 4.78 is 45.8. The van der Waals surface area contributed by atoms with Crippen LogP contribution < -0.4 is 11.3 Å². The summed E-state index contributed by atoms with van der Waals surface area (Å²) in [4.78, 5) is 29.6.